The van der Waals surface area contributed by atoms with Crippen molar-refractivity contribution in [2.75, 3.05) is 19.0 Å². The highest BCUT2D eigenvalue weighted by molar-refractivity contribution is 8.03. The SMILES string of the molecule is C=C(C1=C(SCNC(C)=O)CCN(C(C)C)CC1)c1nc2ccccc2s1. The first-order chi connectivity index (χ1) is 13.0. The summed E-state index contributed by atoms with van der Waals surface area (Å²) in [5.74, 6) is 0.607. The summed E-state index contributed by atoms with van der Waals surface area (Å²) >= 11 is 3.43. The van der Waals surface area contributed by atoms with Crippen molar-refractivity contribution in [2.24, 2.45) is 0 Å². The van der Waals surface area contributed by atoms with Gasteiger partial charge in [-0.2, -0.15) is 0 Å². The molecule has 4 nitrogen and oxygen atoms in total. The van der Waals surface area contributed by atoms with Crippen molar-refractivity contribution in [3.63, 3.8) is 0 Å². The molecule has 1 aromatic heterocycles. The Morgan fingerprint density at radius 3 is 2.78 bits per heavy atom. The molecule has 0 saturated carbocycles. The molecule has 1 aliphatic heterocycles. The zero-order valence-electron chi connectivity index (χ0n) is 16.2. The second-order valence-electron chi connectivity index (χ2n) is 7.02. The number of amides is 1. The topological polar surface area (TPSA) is 45.2 Å². The fraction of sp³-hybridized carbons (Fsp3) is 0.429. The highest BCUT2D eigenvalue weighted by atomic mass is 32.2. The van der Waals surface area contributed by atoms with Crippen LogP contribution in [0.5, 0.6) is 0 Å². The number of thioether (sulfide) groups is 1. The van der Waals surface area contributed by atoms with Gasteiger partial charge in [0, 0.05) is 31.6 Å². The average Bonchev–Trinajstić information content (AvgIpc) is 2.95. The van der Waals surface area contributed by atoms with Gasteiger partial charge in [-0.15, -0.1) is 23.1 Å². The van der Waals surface area contributed by atoms with E-state index in [1.54, 1.807) is 30.0 Å². The molecule has 0 unspecified atom stereocenters. The van der Waals surface area contributed by atoms with E-state index in [0.29, 0.717) is 11.9 Å². The molecule has 0 fully saturated rings. The molecule has 1 amide bonds. The fourth-order valence-corrected chi connectivity index (χ4v) is 5.30. The van der Waals surface area contributed by atoms with Crippen molar-refractivity contribution in [1.29, 1.82) is 0 Å². The number of aromatic nitrogens is 1. The Hall–Kier alpha value is -1.63. The lowest BCUT2D eigenvalue weighted by molar-refractivity contribution is -0.118. The van der Waals surface area contributed by atoms with Crippen LogP contribution in [0.4, 0.5) is 0 Å². The van der Waals surface area contributed by atoms with E-state index >= 15 is 0 Å². The minimum Gasteiger partial charge on any atom is -0.347 e. The van der Waals surface area contributed by atoms with E-state index in [1.165, 1.54) is 15.2 Å². The largest absolute Gasteiger partial charge is 0.347 e. The summed E-state index contributed by atoms with van der Waals surface area (Å²) in [6.07, 6.45) is 1.96. The third-order valence-corrected chi connectivity index (χ3v) is 7.01. The summed E-state index contributed by atoms with van der Waals surface area (Å²) in [7, 11) is 0. The van der Waals surface area contributed by atoms with Crippen molar-refractivity contribution in [2.45, 2.75) is 39.7 Å². The molecule has 0 saturated heterocycles. The Morgan fingerprint density at radius 2 is 2.07 bits per heavy atom. The molecule has 0 spiro atoms. The number of hydrogen-bond donors (Lipinski definition) is 1. The lowest BCUT2D eigenvalue weighted by atomic mass is 10.0. The molecular formula is C21H27N3OS2. The van der Waals surface area contributed by atoms with Crippen molar-refractivity contribution in [3.8, 4) is 0 Å². The molecule has 1 aliphatic rings. The number of fused-ring (bicyclic) bond motifs is 1. The summed E-state index contributed by atoms with van der Waals surface area (Å²) in [6, 6.07) is 8.76. The standard InChI is InChI=1S/C21H27N3OS2/c1-14(2)24-11-9-17(19(10-12-24)26-13-22-16(4)25)15(3)21-23-18-7-5-6-8-20(18)27-21/h5-8,14H,3,9-13H2,1-2,4H3,(H,22,25). The summed E-state index contributed by atoms with van der Waals surface area (Å²) in [4.78, 5) is 19.9. The van der Waals surface area contributed by atoms with Gasteiger partial charge in [0.15, 0.2) is 0 Å². The van der Waals surface area contributed by atoms with Gasteiger partial charge in [-0.25, -0.2) is 4.98 Å². The van der Waals surface area contributed by atoms with Gasteiger partial charge in [-0.3, -0.25) is 4.79 Å². The highest BCUT2D eigenvalue weighted by Crippen LogP contribution is 2.38. The molecule has 0 bridgehead atoms. The first-order valence-corrected chi connectivity index (χ1v) is 11.1. The smallest absolute Gasteiger partial charge is 0.217 e. The number of carbonyl (C=O) groups excluding carboxylic acids is 1. The molecule has 27 heavy (non-hydrogen) atoms. The van der Waals surface area contributed by atoms with Crippen LogP contribution in [-0.4, -0.2) is 40.8 Å². The summed E-state index contributed by atoms with van der Waals surface area (Å²) in [5, 5.41) is 3.90. The van der Waals surface area contributed by atoms with Gasteiger partial charge in [0.05, 0.1) is 16.1 Å². The molecule has 2 aromatic rings. The molecule has 1 N–H and O–H groups in total. The van der Waals surface area contributed by atoms with E-state index < -0.39 is 0 Å². The van der Waals surface area contributed by atoms with Gasteiger partial charge in [-0.05, 0) is 49.3 Å². The zero-order chi connectivity index (χ0) is 19.4. The third-order valence-electron chi connectivity index (χ3n) is 4.83. The monoisotopic (exact) mass is 401 g/mol. The maximum atomic E-state index is 11.3. The minimum absolute atomic E-state index is 0.00655. The zero-order valence-corrected chi connectivity index (χ0v) is 17.9. The fourth-order valence-electron chi connectivity index (χ4n) is 3.25. The number of rotatable bonds is 6. The van der Waals surface area contributed by atoms with Gasteiger partial charge < -0.3 is 10.2 Å². The van der Waals surface area contributed by atoms with Crippen molar-refractivity contribution < 1.29 is 4.79 Å². The number of hydrogen-bond acceptors (Lipinski definition) is 5. The molecular weight excluding hydrogens is 374 g/mol. The maximum absolute atomic E-state index is 11.3. The number of benzene rings is 1. The van der Waals surface area contributed by atoms with Gasteiger partial charge in [0.2, 0.25) is 5.91 Å². The van der Waals surface area contributed by atoms with Crippen LogP contribution in [0.15, 0.2) is 41.3 Å². The number of allylic oxidation sites excluding steroid dienone is 1. The van der Waals surface area contributed by atoms with Gasteiger partial charge in [0.25, 0.3) is 0 Å². The Labute approximate surface area is 169 Å². The number of carbonyl (C=O) groups is 1. The van der Waals surface area contributed by atoms with Crippen molar-refractivity contribution >= 4 is 44.8 Å². The van der Waals surface area contributed by atoms with E-state index in [4.69, 9.17) is 4.98 Å². The number of nitrogens with zero attached hydrogens (tertiary/aromatic N) is 2. The Morgan fingerprint density at radius 1 is 1.33 bits per heavy atom. The van der Waals surface area contributed by atoms with E-state index in [9.17, 15) is 4.79 Å². The van der Waals surface area contributed by atoms with Crippen LogP contribution in [0.2, 0.25) is 0 Å². The van der Waals surface area contributed by atoms with Crippen LogP contribution in [-0.2, 0) is 4.79 Å². The third kappa shape index (κ3) is 5.00. The van der Waals surface area contributed by atoms with Crippen LogP contribution in [0.25, 0.3) is 15.8 Å². The number of nitrogens with one attached hydrogen (secondary N) is 1. The van der Waals surface area contributed by atoms with E-state index in [2.05, 4.69) is 42.8 Å². The molecule has 3 rings (SSSR count). The second kappa shape index (κ2) is 9.04. The predicted molar refractivity (Wildman–Crippen MR) is 118 cm³/mol. The average molecular weight is 402 g/mol. The van der Waals surface area contributed by atoms with Crippen LogP contribution in [0, 0.1) is 0 Å². The highest BCUT2D eigenvalue weighted by Gasteiger charge is 2.22. The predicted octanol–water partition coefficient (Wildman–Crippen LogP) is 4.89. The van der Waals surface area contributed by atoms with Crippen LogP contribution in [0.1, 0.15) is 38.6 Å². The molecule has 1 aromatic carbocycles. The van der Waals surface area contributed by atoms with E-state index in [0.717, 1.165) is 42.0 Å². The first kappa shape index (κ1) is 20.1. The Kier molecular flexibility index (Phi) is 6.73. The molecule has 0 atom stereocenters. The van der Waals surface area contributed by atoms with Crippen LogP contribution < -0.4 is 5.32 Å². The summed E-state index contributed by atoms with van der Waals surface area (Å²) in [6.45, 7) is 12.5. The van der Waals surface area contributed by atoms with E-state index in [-0.39, 0.29) is 5.91 Å². The molecule has 0 radical (unpaired) electrons. The normalized spacial score (nSPS) is 16.0. The number of para-hydroxylation sites is 1. The van der Waals surface area contributed by atoms with E-state index in [1.807, 2.05) is 12.1 Å². The lowest BCUT2D eigenvalue weighted by Crippen LogP contribution is -2.31. The molecule has 144 valence electrons. The molecule has 0 aliphatic carbocycles. The Balaban J connectivity index is 1.87. The summed E-state index contributed by atoms with van der Waals surface area (Å²) < 4.78 is 1.19. The summed E-state index contributed by atoms with van der Waals surface area (Å²) in [5.41, 5.74) is 3.36. The lowest BCUT2D eigenvalue weighted by Gasteiger charge is -2.24. The Bertz CT molecular complexity index is 836. The quantitative estimate of drug-likeness (QED) is 0.700. The molecule has 6 heteroatoms. The van der Waals surface area contributed by atoms with Crippen LogP contribution in [0.3, 0.4) is 0 Å². The number of thiazole rings is 1. The maximum Gasteiger partial charge on any atom is 0.217 e. The second-order valence-corrected chi connectivity index (χ2v) is 9.12. The van der Waals surface area contributed by atoms with Crippen LogP contribution >= 0.6 is 23.1 Å². The van der Waals surface area contributed by atoms with Crippen molar-refractivity contribution in [1.82, 2.24) is 15.2 Å². The van der Waals surface area contributed by atoms with Gasteiger partial charge >= 0.3 is 0 Å². The first-order valence-electron chi connectivity index (χ1n) is 9.34. The molecule has 2 heterocycles. The van der Waals surface area contributed by atoms with Gasteiger partial charge in [0.1, 0.15) is 5.01 Å². The van der Waals surface area contributed by atoms with Crippen molar-refractivity contribution in [3.05, 3.63) is 46.3 Å². The minimum atomic E-state index is 0.00655. The van der Waals surface area contributed by atoms with Gasteiger partial charge in [-0.1, -0.05) is 18.7 Å².